The second-order valence-corrected chi connectivity index (χ2v) is 5.84. The fourth-order valence-electron chi connectivity index (χ4n) is 3.45. The number of pyridine rings is 1. The Morgan fingerprint density at radius 2 is 2.14 bits per heavy atom. The molecule has 0 saturated heterocycles. The van der Waals surface area contributed by atoms with Crippen LogP contribution in [0, 0.1) is 5.92 Å². The number of fused-ring (bicyclic) bond motifs is 2. The molecule has 2 amide bonds. The Bertz CT molecular complexity index is 774. The Kier molecular flexibility index (Phi) is 2.60. The van der Waals surface area contributed by atoms with E-state index in [1.807, 2.05) is 24.3 Å². The third kappa shape index (κ3) is 1.62. The molecule has 0 unspecified atom stereocenters. The Balaban J connectivity index is 1.63. The number of likely N-dealkylation sites (N-methyl/N-ethyl adjacent to an activating group) is 1. The van der Waals surface area contributed by atoms with Crippen LogP contribution in [0.25, 0.3) is 0 Å². The number of benzene rings is 1. The normalized spacial score (nSPS) is 25.2. The molecule has 4 rings (SSSR count). The largest absolute Gasteiger partial charge is 0.324 e. The molecule has 5 nitrogen and oxygen atoms in total. The highest BCUT2D eigenvalue weighted by Crippen LogP contribution is 2.61. The SMILES string of the molecule is CN1C(=O)[C@]2(C[C@H]2C(=O)Nc2cccnc2)c2ccccc21. The molecule has 1 spiro atoms. The van der Waals surface area contributed by atoms with E-state index in [0.29, 0.717) is 12.1 Å². The summed E-state index contributed by atoms with van der Waals surface area (Å²) < 4.78 is 0. The molecule has 1 N–H and O–H groups in total. The molecule has 22 heavy (non-hydrogen) atoms. The lowest BCUT2D eigenvalue weighted by Gasteiger charge is -2.11. The van der Waals surface area contributed by atoms with E-state index in [1.54, 1.807) is 36.5 Å². The summed E-state index contributed by atoms with van der Waals surface area (Å²) >= 11 is 0. The molecule has 1 aromatic heterocycles. The van der Waals surface area contributed by atoms with Crippen LogP contribution >= 0.6 is 0 Å². The molecule has 2 heterocycles. The standard InChI is InChI=1S/C17H15N3O2/c1-20-14-7-3-2-6-12(14)17(16(20)22)9-13(17)15(21)19-11-5-4-8-18-10-11/h2-8,10,13H,9H2,1H3,(H,19,21)/t13-,17+/m0/s1. The number of nitrogens with zero attached hydrogens (tertiary/aromatic N) is 2. The van der Waals surface area contributed by atoms with Gasteiger partial charge in [0.1, 0.15) is 0 Å². The van der Waals surface area contributed by atoms with Gasteiger partial charge in [-0.15, -0.1) is 0 Å². The molecule has 1 aliphatic carbocycles. The lowest BCUT2D eigenvalue weighted by molar-refractivity contribution is -0.123. The van der Waals surface area contributed by atoms with Crippen molar-refractivity contribution < 1.29 is 9.59 Å². The van der Waals surface area contributed by atoms with Crippen molar-refractivity contribution in [3.05, 3.63) is 54.4 Å². The maximum absolute atomic E-state index is 12.6. The zero-order valence-electron chi connectivity index (χ0n) is 12.1. The molecule has 2 aliphatic rings. The van der Waals surface area contributed by atoms with Crippen molar-refractivity contribution in [2.45, 2.75) is 11.8 Å². The third-order valence-electron chi connectivity index (χ3n) is 4.64. The first-order valence-corrected chi connectivity index (χ1v) is 7.23. The summed E-state index contributed by atoms with van der Waals surface area (Å²) in [6, 6.07) is 11.3. The predicted octanol–water partition coefficient (Wildman–Crippen LogP) is 1.95. The van der Waals surface area contributed by atoms with Gasteiger partial charge in [0.25, 0.3) is 0 Å². The second-order valence-electron chi connectivity index (χ2n) is 5.84. The maximum atomic E-state index is 12.6. The summed E-state index contributed by atoms with van der Waals surface area (Å²) in [5.41, 5.74) is 1.86. The summed E-state index contributed by atoms with van der Waals surface area (Å²) in [5, 5.41) is 2.85. The smallest absolute Gasteiger partial charge is 0.238 e. The van der Waals surface area contributed by atoms with Crippen molar-refractivity contribution in [1.29, 1.82) is 0 Å². The minimum Gasteiger partial charge on any atom is -0.324 e. The first-order chi connectivity index (χ1) is 10.6. The topological polar surface area (TPSA) is 62.3 Å². The molecule has 2 aromatic rings. The van der Waals surface area contributed by atoms with Gasteiger partial charge >= 0.3 is 0 Å². The first kappa shape index (κ1) is 13.0. The highest BCUT2D eigenvalue weighted by atomic mass is 16.2. The number of amides is 2. The minimum atomic E-state index is -0.669. The quantitative estimate of drug-likeness (QED) is 0.920. The molecule has 2 atom stereocenters. The van der Waals surface area contributed by atoms with Crippen LogP contribution in [0.3, 0.4) is 0 Å². The van der Waals surface area contributed by atoms with Gasteiger partial charge < -0.3 is 10.2 Å². The van der Waals surface area contributed by atoms with Crippen LogP contribution in [0.1, 0.15) is 12.0 Å². The number of anilines is 2. The van der Waals surface area contributed by atoms with Gasteiger partial charge in [-0.3, -0.25) is 14.6 Å². The number of carbonyl (C=O) groups excluding carboxylic acids is 2. The molecule has 5 heteroatoms. The first-order valence-electron chi connectivity index (χ1n) is 7.23. The molecule has 1 fully saturated rings. The van der Waals surface area contributed by atoms with E-state index in [2.05, 4.69) is 10.3 Å². The van der Waals surface area contributed by atoms with E-state index in [4.69, 9.17) is 0 Å². The fourth-order valence-corrected chi connectivity index (χ4v) is 3.45. The molecule has 0 radical (unpaired) electrons. The number of aromatic nitrogens is 1. The molecule has 1 aliphatic heterocycles. The Hall–Kier alpha value is -2.69. The van der Waals surface area contributed by atoms with Crippen molar-refractivity contribution in [1.82, 2.24) is 4.98 Å². The number of rotatable bonds is 2. The van der Waals surface area contributed by atoms with Crippen LogP contribution < -0.4 is 10.2 Å². The average molecular weight is 293 g/mol. The number of carbonyl (C=O) groups is 2. The third-order valence-corrected chi connectivity index (χ3v) is 4.64. The van der Waals surface area contributed by atoms with Crippen LogP contribution in [0.4, 0.5) is 11.4 Å². The molecular formula is C17H15N3O2. The van der Waals surface area contributed by atoms with E-state index in [9.17, 15) is 9.59 Å². The van der Waals surface area contributed by atoms with Crippen LogP contribution in [0.5, 0.6) is 0 Å². The van der Waals surface area contributed by atoms with Crippen LogP contribution in [-0.4, -0.2) is 23.8 Å². The monoisotopic (exact) mass is 293 g/mol. The fraction of sp³-hybridized carbons (Fsp3) is 0.235. The highest BCUT2D eigenvalue weighted by Gasteiger charge is 2.69. The van der Waals surface area contributed by atoms with E-state index in [-0.39, 0.29) is 17.7 Å². The summed E-state index contributed by atoms with van der Waals surface area (Å²) in [6.07, 6.45) is 3.82. The van der Waals surface area contributed by atoms with Crippen LogP contribution in [0.2, 0.25) is 0 Å². The summed E-state index contributed by atoms with van der Waals surface area (Å²) in [4.78, 5) is 30.8. The lowest BCUT2D eigenvalue weighted by Crippen LogP contribution is -2.32. The predicted molar refractivity (Wildman–Crippen MR) is 82.5 cm³/mol. The number of nitrogens with one attached hydrogen (secondary N) is 1. The Morgan fingerprint density at radius 1 is 1.32 bits per heavy atom. The van der Waals surface area contributed by atoms with Crippen molar-refractivity contribution in [2.75, 3.05) is 17.3 Å². The maximum Gasteiger partial charge on any atom is 0.238 e. The van der Waals surface area contributed by atoms with E-state index in [0.717, 1.165) is 11.3 Å². The van der Waals surface area contributed by atoms with Gasteiger partial charge in [0.2, 0.25) is 11.8 Å². The lowest BCUT2D eigenvalue weighted by atomic mass is 9.94. The van der Waals surface area contributed by atoms with Gasteiger partial charge in [-0.25, -0.2) is 0 Å². The van der Waals surface area contributed by atoms with E-state index in [1.165, 1.54) is 0 Å². The van der Waals surface area contributed by atoms with Gasteiger partial charge in [-0.1, -0.05) is 18.2 Å². The molecule has 1 aromatic carbocycles. The molecule has 110 valence electrons. The Labute approximate surface area is 128 Å². The van der Waals surface area contributed by atoms with E-state index >= 15 is 0 Å². The summed E-state index contributed by atoms with van der Waals surface area (Å²) in [5.74, 6) is -0.419. The van der Waals surface area contributed by atoms with Crippen molar-refractivity contribution in [2.24, 2.45) is 5.92 Å². The number of hydrogen-bond donors (Lipinski definition) is 1. The number of para-hydroxylation sites is 1. The van der Waals surface area contributed by atoms with Gasteiger partial charge in [0, 0.05) is 18.9 Å². The zero-order valence-corrected chi connectivity index (χ0v) is 12.1. The minimum absolute atomic E-state index is 0.0139. The van der Waals surface area contributed by atoms with Gasteiger partial charge in [-0.05, 0) is 30.2 Å². The van der Waals surface area contributed by atoms with Crippen molar-refractivity contribution >= 4 is 23.2 Å². The van der Waals surface area contributed by atoms with Crippen LogP contribution in [0.15, 0.2) is 48.8 Å². The van der Waals surface area contributed by atoms with Crippen LogP contribution in [-0.2, 0) is 15.0 Å². The molecule has 1 saturated carbocycles. The summed E-state index contributed by atoms with van der Waals surface area (Å²) in [7, 11) is 1.77. The number of hydrogen-bond acceptors (Lipinski definition) is 3. The van der Waals surface area contributed by atoms with E-state index < -0.39 is 5.41 Å². The zero-order chi connectivity index (χ0) is 15.3. The van der Waals surface area contributed by atoms with Crippen molar-refractivity contribution in [3.8, 4) is 0 Å². The van der Waals surface area contributed by atoms with Gasteiger partial charge in [0.05, 0.1) is 23.2 Å². The molecular weight excluding hydrogens is 278 g/mol. The van der Waals surface area contributed by atoms with Gasteiger partial charge in [0.15, 0.2) is 0 Å². The van der Waals surface area contributed by atoms with Gasteiger partial charge in [-0.2, -0.15) is 0 Å². The van der Waals surface area contributed by atoms with Crippen molar-refractivity contribution in [3.63, 3.8) is 0 Å². The Morgan fingerprint density at radius 3 is 2.91 bits per heavy atom. The summed E-state index contributed by atoms with van der Waals surface area (Å²) in [6.45, 7) is 0. The molecule has 0 bridgehead atoms. The second kappa shape index (κ2) is 4.40. The average Bonchev–Trinajstić information content (AvgIpc) is 3.27. The highest BCUT2D eigenvalue weighted by molar-refractivity contribution is 6.15.